The van der Waals surface area contributed by atoms with Crippen LogP contribution in [0.25, 0.3) is 0 Å². The monoisotopic (exact) mass is 266 g/mol. The topological polar surface area (TPSA) is 26.3 Å². The lowest BCUT2D eigenvalue weighted by Crippen LogP contribution is -2.04. The molecule has 0 spiro atoms. The highest BCUT2D eigenvalue weighted by atomic mass is 79.9. The Hall–Kier alpha value is -1.09. The summed E-state index contributed by atoms with van der Waals surface area (Å²) in [6, 6.07) is 5.56. The number of aryl methyl sites for hydroxylation is 1. The van der Waals surface area contributed by atoms with Gasteiger partial charge in [0.1, 0.15) is 0 Å². The van der Waals surface area contributed by atoms with Crippen molar-refractivity contribution in [1.29, 1.82) is 0 Å². The van der Waals surface area contributed by atoms with E-state index in [-0.39, 0.29) is 5.78 Å². The minimum absolute atomic E-state index is 0.0249. The second kappa shape index (κ2) is 4.19. The molecule has 1 aromatic rings. The molecule has 2 nitrogen and oxygen atoms in total. The number of allylic oxidation sites excluding steroid dienone is 1. The van der Waals surface area contributed by atoms with E-state index in [4.69, 9.17) is 4.74 Å². The second-order valence-corrected chi connectivity index (χ2v) is 4.35. The minimum Gasteiger partial charge on any atom is -0.489 e. The van der Waals surface area contributed by atoms with Crippen molar-refractivity contribution in [2.75, 3.05) is 6.61 Å². The molecular weight excluding hydrogens is 256 g/mol. The molecule has 1 heterocycles. The maximum atomic E-state index is 11.9. The smallest absolute Gasteiger partial charge is 0.227 e. The van der Waals surface area contributed by atoms with Gasteiger partial charge in [-0.25, -0.2) is 0 Å². The third kappa shape index (κ3) is 2.12. The molecule has 78 valence electrons. The first-order chi connectivity index (χ1) is 7.18. The molecule has 0 aromatic heterocycles. The Labute approximate surface area is 97.1 Å². The Morgan fingerprint density at radius 3 is 2.87 bits per heavy atom. The molecule has 3 heteroatoms. The number of carbonyl (C=O) groups excluding carboxylic acids is 1. The summed E-state index contributed by atoms with van der Waals surface area (Å²) < 4.78 is 6.25. The molecule has 0 unspecified atom stereocenters. The molecule has 0 radical (unpaired) electrons. The van der Waals surface area contributed by atoms with Gasteiger partial charge in [-0.05, 0) is 36.8 Å². The van der Waals surface area contributed by atoms with Gasteiger partial charge in [-0.3, -0.25) is 4.79 Å². The lowest BCUT2D eigenvalue weighted by atomic mass is 10.1. The van der Waals surface area contributed by atoms with Gasteiger partial charge < -0.3 is 4.74 Å². The van der Waals surface area contributed by atoms with Crippen LogP contribution in [0.2, 0.25) is 0 Å². The molecule has 0 amide bonds. The summed E-state index contributed by atoms with van der Waals surface area (Å²) in [6.45, 7) is 2.58. The first-order valence-electron chi connectivity index (χ1n) is 4.82. The van der Waals surface area contributed by atoms with Crippen LogP contribution >= 0.6 is 15.9 Å². The second-order valence-electron chi connectivity index (χ2n) is 3.50. The molecule has 15 heavy (non-hydrogen) atoms. The van der Waals surface area contributed by atoms with Crippen molar-refractivity contribution in [1.82, 2.24) is 0 Å². The number of hydrogen-bond donors (Lipinski definition) is 0. The predicted octanol–water partition coefficient (Wildman–Crippen LogP) is 3.24. The van der Waals surface area contributed by atoms with Crippen LogP contribution in [-0.4, -0.2) is 12.4 Å². The number of ketones is 1. The van der Waals surface area contributed by atoms with Gasteiger partial charge in [0, 0.05) is 16.5 Å². The van der Waals surface area contributed by atoms with Crippen LogP contribution in [0.4, 0.5) is 0 Å². The van der Waals surface area contributed by atoms with E-state index in [2.05, 4.69) is 15.9 Å². The summed E-state index contributed by atoms with van der Waals surface area (Å²) in [6.07, 6.45) is 2.68. The van der Waals surface area contributed by atoms with Gasteiger partial charge in [-0.15, -0.1) is 0 Å². The summed E-state index contributed by atoms with van der Waals surface area (Å²) in [7, 11) is 0. The van der Waals surface area contributed by atoms with E-state index in [9.17, 15) is 4.79 Å². The zero-order chi connectivity index (χ0) is 10.8. The van der Waals surface area contributed by atoms with E-state index in [1.165, 1.54) is 0 Å². The average molecular weight is 267 g/mol. The molecule has 0 bridgehead atoms. The zero-order valence-corrected chi connectivity index (χ0v) is 10.0. The number of Topliss-reactive ketones (excluding diaryl/α,β-unsaturated/α-hetero) is 1. The Morgan fingerprint density at radius 2 is 2.27 bits per heavy atom. The van der Waals surface area contributed by atoms with Gasteiger partial charge in [-0.2, -0.15) is 0 Å². The van der Waals surface area contributed by atoms with E-state index < -0.39 is 0 Å². The predicted molar refractivity (Wildman–Crippen MR) is 61.9 cm³/mol. The number of rotatable bonds is 2. The SMILES string of the molecule is Cc1cc(C(=O)C2=CCCO2)ccc1Br. The molecule has 0 fully saturated rings. The van der Waals surface area contributed by atoms with Gasteiger partial charge in [0.2, 0.25) is 5.78 Å². The van der Waals surface area contributed by atoms with Crippen LogP contribution in [0.15, 0.2) is 34.5 Å². The van der Waals surface area contributed by atoms with Crippen molar-refractivity contribution < 1.29 is 9.53 Å². The molecule has 0 saturated carbocycles. The first-order valence-corrected chi connectivity index (χ1v) is 5.61. The summed E-state index contributed by atoms with van der Waals surface area (Å²) in [5.74, 6) is 0.458. The Balaban J connectivity index is 2.29. The quantitative estimate of drug-likeness (QED) is 0.769. The number of ether oxygens (including phenoxy) is 1. The minimum atomic E-state index is -0.0249. The summed E-state index contributed by atoms with van der Waals surface area (Å²) >= 11 is 3.40. The van der Waals surface area contributed by atoms with Gasteiger partial charge in [0.25, 0.3) is 0 Å². The largest absolute Gasteiger partial charge is 0.489 e. The maximum absolute atomic E-state index is 11.9. The Morgan fingerprint density at radius 1 is 1.47 bits per heavy atom. The summed E-state index contributed by atoms with van der Waals surface area (Å²) in [5, 5.41) is 0. The van der Waals surface area contributed by atoms with Crippen molar-refractivity contribution in [3.05, 3.63) is 45.6 Å². The van der Waals surface area contributed by atoms with Gasteiger partial charge >= 0.3 is 0 Å². The fraction of sp³-hybridized carbons (Fsp3) is 0.250. The number of carbonyl (C=O) groups is 1. The molecule has 0 N–H and O–H groups in total. The van der Waals surface area contributed by atoms with Crippen LogP contribution in [0, 0.1) is 6.92 Å². The van der Waals surface area contributed by atoms with E-state index in [0.29, 0.717) is 17.9 Å². The first kappa shape index (κ1) is 10.4. The number of halogens is 1. The van der Waals surface area contributed by atoms with Gasteiger partial charge in [0.05, 0.1) is 6.61 Å². The highest BCUT2D eigenvalue weighted by Gasteiger charge is 2.17. The average Bonchev–Trinajstić information content (AvgIpc) is 2.74. The Kier molecular flexibility index (Phi) is 2.91. The van der Waals surface area contributed by atoms with E-state index in [1.807, 2.05) is 31.2 Å². The highest BCUT2D eigenvalue weighted by molar-refractivity contribution is 9.10. The lowest BCUT2D eigenvalue weighted by Gasteiger charge is -2.04. The van der Waals surface area contributed by atoms with Crippen molar-refractivity contribution in [3.63, 3.8) is 0 Å². The van der Waals surface area contributed by atoms with Crippen LogP contribution in [0.3, 0.4) is 0 Å². The van der Waals surface area contributed by atoms with Crippen molar-refractivity contribution in [3.8, 4) is 0 Å². The number of hydrogen-bond acceptors (Lipinski definition) is 2. The Bertz CT molecular complexity index is 435. The van der Waals surface area contributed by atoms with Crippen LogP contribution < -0.4 is 0 Å². The van der Waals surface area contributed by atoms with Gasteiger partial charge in [0.15, 0.2) is 5.76 Å². The van der Waals surface area contributed by atoms with E-state index >= 15 is 0 Å². The third-order valence-corrected chi connectivity index (χ3v) is 3.24. The van der Waals surface area contributed by atoms with Crippen LogP contribution in [0.1, 0.15) is 22.3 Å². The maximum Gasteiger partial charge on any atom is 0.227 e. The van der Waals surface area contributed by atoms with Gasteiger partial charge in [-0.1, -0.05) is 15.9 Å². The highest BCUT2D eigenvalue weighted by Crippen LogP contribution is 2.21. The molecule has 1 aliphatic heterocycles. The standard InChI is InChI=1S/C12H11BrO2/c1-8-7-9(4-5-10(8)13)12(14)11-3-2-6-15-11/h3-5,7H,2,6H2,1H3. The molecule has 2 rings (SSSR count). The fourth-order valence-electron chi connectivity index (χ4n) is 1.50. The normalized spacial score (nSPS) is 14.7. The zero-order valence-electron chi connectivity index (χ0n) is 8.42. The fourth-order valence-corrected chi connectivity index (χ4v) is 1.75. The third-order valence-electron chi connectivity index (χ3n) is 2.35. The van der Waals surface area contributed by atoms with Crippen LogP contribution in [-0.2, 0) is 4.74 Å². The van der Waals surface area contributed by atoms with Crippen LogP contribution in [0.5, 0.6) is 0 Å². The van der Waals surface area contributed by atoms with Crippen molar-refractivity contribution in [2.24, 2.45) is 0 Å². The van der Waals surface area contributed by atoms with E-state index in [1.54, 1.807) is 0 Å². The summed E-state index contributed by atoms with van der Waals surface area (Å²) in [4.78, 5) is 11.9. The molecule has 1 aromatic carbocycles. The lowest BCUT2D eigenvalue weighted by molar-refractivity contribution is 0.0942. The molecular formula is C12H11BrO2. The summed E-state index contributed by atoms with van der Waals surface area (Å²) in [5.41, 5.74) is 1.74. The number of benzene rings is 1. The molecule has 1 aliphatic rings. The van der Waals surface area contributed by atoms with Crippen molar-refractivity contribution in [2.45, 2.75) is 13.3 Å². The van der Waals surface area contributed by atoms with Crippen molar-refractivity contribution >= 4 is 21.7 Å². The molecule has 0 atom stereocenters. The van der Waals surface area contributed by atoms with E-state index in [0.717, 1.165) is 16.5 Å². The molecule has 0 saturated heterocycles. The molecule has 0 aliphatic carbocycles.